The van der Waals surface area contributed by atoms with E-state index in [9.17, 15) is 19.5 Å². The molecule has 0 aromatic carbocycles. The van der Waals surface area contributed by atoms with Gasteiger partial charge >= 0.3 is 5.97 Å². The summed E-state index contributed by atoms with van der Waals surface area (Å²) in [5.74, 6) is -1.62. The van der Waals surface area contributed by atoms with Crippen LogP contribution in [0.25, 0.3) is 0 Å². The van der Waals surface area contributed by atoms with Crippen LogP contribution in [0.3, 0.4) is 0 Å². The fourth-order valence-electron chi connectivity index (χ4n) is 7.05. The standard InChI is InChI=1S/C29H46N2O5S/c1-8-15-31(28(6,7)19-27(3,4)5)25(34)23-29-14-13-20(37-29)21(26(35)36-18-9-2)22(29)24(33)30(23)16-11-10-12-17-32/h8-9,20-23,32H,1-2,10-19H2,3-7H3/t20-,21+,22+,23?,29?/m1/s1. The van der Waals surface area contributed by atoms with Gasteiger partial charge in [0.25, 0.3) is 0 Å². The molecular weight excluding hydrogens is 488 g/mol. The van der Waals surface area contributed by atoms with E-state index in [0.717, 1.165) is 25.7 Å². The Balaban J connectivity index is 2.01. The Morgan fingerprint density at radius 1 is 1.19 bits per heavy atom. The lowest BCUT2D eigenvalue weighted by atomic mass is 9.71. The number of aliphatic hydroxyl groups excluding tert-OH is 1. The molecule has 0 aliphatic carbocycles. The Bertz CT molecular complexity index is 897. The fourth-order valence-corrected chi connectivity index (χ4v) is 9.26. The predicted octanol–water partition coefficient (Wildman–Crippen LogP) is 4.20. The number of nitrogens with zero attached hydrogens (tertiary/aromatic N) is 2. The summed E-state index contributed by atoms with van der Waals surface area (Å²) in [5, 5.41) is 9.21. The summed E-state index contributed by atoms with van der Waals surface area (Å²) >= 11 is 1.66. The molecule has 0 radical (unpaired) electrons. The van der Waals surface area contributed by atoms with Crippen LogP contribution < -0.4 is 0 Å². The molecule has 2 unspecified atom stereocenters. The molecule has 2 amide bonds. The van der Waals surface area contributed by atoms with Crippen LogP contribution in [0.1, 0.15) is 73.1 Å². The Kier molecular flexibility index (Phi) is 9.26. The van der Waals surface area contributed by atoms with E-state index in [0.29, 0.717) is 25.9 Å². The molecule has 7 nitrogen and oxygen atoms in total. The summed E-state index contributed by atoms with van der Waals surface area (Å²) < 4.78 is 4.81. The van der Waals surface area contributed by atoms with Gasteiger partial charge in [0.05, 0.1) is 16.6 Å². The normalized spacial score (nSPS) is 28.8. The molecular formula is C29H46N2O5S. The number of hydrogen-bond donors (Lipinski definition) is 1. The number of unbranched alkanes of at least 4 members (excludes halogenated alkanes) is 2. The zero-order valence-electron chi connectivity index (χ0n) is 23.3. The Morgan fingerprint density at radius 3 is 2.49 bits per heavy atom. The highest BCUT2D eigenvalue weighted by Crippen LogP contribution is 2.66. The van der Waals surface area contributed by atoms with Gasteiger partial charge in [-0.2, -0.15) is 0 Å². The molecule has 8 heteroatoms. The van der Waals surface area contributed by atoms with E-state index in [1.165, 1.54) is 6.08 Å². The van der Waals surface area contributed by atoms with Gasteiger partial charge in [-0.05, 0) is 57.8 Å². The third kappa shape index (κ3) is 5.80. The van der Waals surface area contributed by atoms with Crippen molar-refractivity contribution < 1.29 is 24.2 Å². The maximum atomic E-state index is 14.6. The van der Waals surface area contributed by atoms with Crippen LogP contribution in [0.4, 0.5) is 0 Å². The highest BCUT2D eigenvalue weighted by molar-refractivity contribution is 8.02. The van der Waals surface area contributed by atoms with E-state index in [4.69, 9.17) is 4.74 Å². The number of thioether (sulfide) groups is 1. The van der Waals surface area contributed by atoms with Crippen molar-refractivity contribution in [3.05, 3.63) is 25.3 Å². The topological polar surface area (TPSA) is 87.1 Å². The van der Waals surface area contributed by atoms with Gasteiger partial charge in [0.2, 0.25) is 11.8 Å². The van der Waals surface area contributed by atoms with Crippen molar-refractivity contribution in [3.8, 4) is 0 Å². The summed E-state index contributed by atoms with van der Waals surface area (Å²) in [6, 6.07) is -0.634. The largest absolute Gasteiger partial charge is 0.461 e. The summed E-state index contributed by atoms with van der Waals surface area (Å²) in [5.41, 5.74) is -0.451. The molecule has 0 saturated carbocycles. The first-order chi connectivity index (χ1) is 17.3. The van der Waals surface area contributed by atoms with E-state index < -0.39 is 28.2 Å². The summed E-state index contributed by atoms with van der Waals surface area (Å²) in [7, 11) is 0. The molecule has 0 aromatic heterocycles. The fraction of sp³-hybridized carbons (Fsp3) is 0.759. The lowest BCUT2D eigenvalue weighted by Gasteiger charge is -2.46. The lowest BCUT2D eigenvalue weighted by molar-refractivity contribution is -0.153. The van der Waals surface area contributed by atoms with E-state index in [-0.39, 0.29) is 41.7 Å². The van der Waals surface area contributed by atoms with Crippen LogP contribution in [-0.2, 0) is 19.1 Å². The van der Waals surface area contributed by atoms with Gasteiger partial charge in [0, 0.05) is 30.5 Å². The molecule has 1 N–H and O–H groups in total. The van der Waals surface area contributed by atoms with Crippen LogP contribution >= 0.6 is 11.8 Å². The molecule has 3 heterocycles. The average molecular weight is 535 g/mol. The number of aliphatic hydroxyl groups is 1. The maximum Gasteiger partial charge on any atom is 0.311 e. The third-order valence-electron chi connectivity index (χ3n) is 7.98. The lowest BCUT2D eigenvalue weighted by Crippen LogP contribution is -2.60. The highest BCUT2D eigenvalue weighted by Gasteiger charge is 2.74. The Morgan fingerprint density at radius 2 is 1.89 bits per heavy atom. The monoisotopic (exact) mass is 534 g/mol. The van der Waals surface area contributed by atoms with Gasteiger partial charge in [-0.1, -0.05) is 39.5 Å². The number of rotatable bonds is 13. The van der Waals surface area contributed by atoms with Gasteiger partial charge in [-0.15, -0.1) is 18.3 Å². The summed E-state index contributed by atoms with van der Waals surface area (Å²) in [4.78, 5) is 45.4. The number of esters is 1. The molecule has 1 spiro atoms. The summed E-state index contributed by atoms with van der Waals surface area (Å²) in [6.07, 6.45) is 7.73. The van der Waals surface area contributed by atoms with Crippen molar-refractivity contribution in [2.24, 2.45) is 17.3 Å². The number of fused-ring (bicyclic) bond motifs is 1. The highest BCUT2D eigenvalue weighted by atomic mass is 32.2. The van der Waals surface area contributed by atoms with E-state index in [2.05, 4.69) is 47.8 Å². The second-order valence-electron chi connectivity index (χ2n) is 12.6. The molecule has 2 bridgehead atoms. The minimum Gasteiger partial charge on any atom is -0.461 e. The number of likely N-dealkylation sites (tertiary alicyclic amines) is 1. The van der Waals surface area contributed by atoms with Crippen molar-refractivity contribution in [2.75, 3.05) is 26.3 Å². The van der Waals surface area contributed by atoms with Crippen molar-refractivity contribution in [2.45, 2.75) is 94.7 Å². The van der Waals surface area contributed by atoms with Crippen molar-refractivity contribution in [1.29, 1.82) is 0 Å². The Hall–Kier alpha value is -1.80. The van der Waals surface area contributed by atoms with Crippen LogP contribution in [0.5, 0.6) is 0 Å². The maximum absolute atomic E-state index is 14.6. The van der Waals surface area contributed by atoms with E-state index >= 15 is 0 Å². The van der Waals surface area contributed by atoms with Gasteiger partial charge in [0.15, 0.2) is 0 Å². The molecule has 37 heavy (non-hydrogen) atoms. The zero-order valence-corrected chi connectivity index (χ0v) is 24.1. The van der Waals surface area contributed by atoms with E-state index in [1.807, 2.05) is 4.90 Å². The number of carbonyl (C=O) groups is 3. The zero-order chi connectivity index (χ0) is 27.6. The molecule has 3 saturated heterocycles. The molecule has 3 fully saturated rings. The van der Waals surface area contributed by atoms with Crippen molar-refractivity contribution >= 4 is 29.5 Å². The number of amides is 2. The molecule has 3 aliphatic rings. The van der Waals surface area contributed by atoms with Crippen molar-refractivity contribution in [1.82, 2.24) is 9.80 Å². The molecule has 3 aliphatic heterocycles. The van der Waals surface area contributed by atoms with E-state index in [1.54, 1.807) is 22.7 Å². The van der Waals surface area contributed by atoms with Gasteiger partial charge in [-0.3, -0.25) is 14.4 Å². The van der Waals surface area contributed by atoms with Gasteiger partial charge in [0.1, 0.15) is 12.6 Å². The van der Waals surface area contributed by atoms with Crippen molar-refractivity contribution in [3.63, 3.8) is 0 Å². The van der Waals surface area contributed by atoms with Gasteiger partial charge in [-0.25, -0.2) is 0 Å². The predicted molar refractivity (Wildman–Crippen MR) is 148 cm³/mol. The summed E-state index contributed by atoms with van der Waals surface area (Å²) in [6.45, 7) is 19.3. The second-order valence-corrected chi connectivity index (χ2v) is 14.2. The van der Waals surface area contributed by atoms with Crippen LogP contribution in [0, 0.1) is 17.3 Å². The minimum absolute atomic E-state index is 0.0000662. The first kappa shape index (κ1) is 29.8. The second kappa shape index (κ2) is 11.5. The SMILES string of the molecule is C=CCOC(=O)[C@@H]1[C@H]2C(=O)N(CCCCCO)C(C(=O)N(CC=C)C(C)(C)CC(C)(C)C)C23CC[C@H]1S3. The number of carbonyl (C=O) groups excluding carboxylic acids is 3. The van der Waals surface area contributed by atoms with Gasteiger partial charge < -0.3 is 19.6 Å². The minimum atomic E-state index is -0.634. The smallest absolute Gasteiger partial charge is 0.311 e. The first-order valence-corrected chi connectivity index (χ1v) is 14.5. The Labute approximate surface area is 227 Å². The van der Waals surface area contributed by atoms with Crippen LogP contribution in [-0.4, -0.2) is 80.6 Å². The molecule has 0 aromatic rings. The van der Waals surface area contributed by atoms with Crippen LogP contribution in [0.15, 0.2) is 25.3 Å². The number of ether oxygens (including phenoxy) is 1. The molecule has 3 rings (SSSR count). The third-order valence-corrected chi connectivity index (χ3v) is 9.93. The van der Waals surface area contributed by atoms with Crippen LogP contribution in [0.2, 0.25) is 0 Å². The number of hydrogen-bond acceptors (Lipinski definition) is 6. The quantitative estimate of drug-likeness (QED) is 0.217. The molecule has 208 valence electrons. The average Bonchev–Trinajstić information content (AvgIpc) is 3.44. The first-order valence-electron chi connectivity index (χ1n) is 13.6. The molecule has 5 atom stereocenters.